The Labute approximate surface area is 85.3 Å². The fourth-order valence-electron chi connectivity index (χ4n) is 1.05. The number of phenolic OH excluding ortho intramolecular Hbond substituents is 1. The molecule has 1 aromatic carbocycles. The minimum atomic E-state index is -0.836. The summed E-state index contributed by atoms with van der Waals surface area (Å²) in [5, 5.41) is 19.0. The summed E-state index contributed by atoms with van der Waals surface area (Å²) in [4.78, 5) is 0. The lowest BCUT2D eigenvalue weighted by Gasteiger charge is -2.16. The van der Waals surface area contributed by atoms with E-state index in [0.717, 1.165) is 4.47 Å². The average molecular weight is 246 g/mol. The maximum absolute atomic E-state index is 9.60. The van der Waals surface area contributed by atoms with Crippen LogP contribution in [0.3, 0.4) is 0 Å². The first kappa shape index (κ1) is 10.5. The third kappa shape index (κ3) is 2.43. The third-order valence-corrected chi connectivity index (χ3v) is 2.30. The van der Waals surface area contributed by atoms with E-state index in [2.05, 4.69) is 15.9 Å². The molecule has 4 N–H and O–H groups in total. The summed E-state index contributed by atoms with van der Waals surface area (Å²) in [7, 11) is 0. The van der Waals surface area contributed by atoms with Crippen molar-refractivity contribution < 1.29 is 10.2 Å². The number of aliphatic hydroxyl groups is 1. The molecule has 1 rings (SSSR count). The maximum atomic E-state index is 9.60. The van der Waals surface area contributed by atoms with Crippen molar-refractivity contribution in [3.8, 4) is 5.75 Å². The van der Waals surface area contributed by atoms with Crippen LogP contribution in [0, 0.1) is 0 Å². The highest BCUT2D eigenvalue weighted by Gasteiger charge is 2.16. The van der Waals surface area contributed by atoms with Crippen molar-refractivity contribution in [1.82, 2.24) is 0 Å². The lowest BCUT2D eigenvalue weighted by atomic mass is 10.0. The minimum absolute atomic E-state index is 0.0630. The molecule has 1 aromatic rings. The largest absolute Gasteiger partial charge is 0.508 e. The van der Waals surface area contributed by atoms with Crippen molar-refractivity contribution in [2.45, 2.75) is 19.1 Å². The molecule has 13 heavy (non-hydrogen) atoms. The van der Waals surface area contributed by atoms with E-state index in [1.165, 1.54) is 6.07 Å². The lowest BCUT2D eigenvalue weighted by Crippen LogP contribution is -2.24. The highest BCUT2D eigenvalue weighted by molar-refractivity contribution is 9.10. The van der Waals surface area contributed by atoms with E-state index < -0.39 is 12.1 Å². The van der Waals surface area contributed by atoms with E-state index in [1.807, 2.05) is 0 Å². The first-order valence-electron chi connectivity index (χ1n) is 3.94. The van der Waals surface area contributed by atoms with Gasteiger partial charge in [-0.15, -0.1) is 0 Å². The van der Waals surface area contributed by atoms with Gasteiger partial charge < -0.3 is 15.9 Å². The van der Waals surface area contributed by atoms with Crippen molar-refractivity contribution in [2.75, 3.05) is 0 Å². The van der Waals surface area contributed by atoms with E-state index in [4.69, 9.17) is 5.73 Å². The molecule has 2 unspecified atom stereocenters. The number of phenols is 1. The van der Waals surface area contributed by atoms with E-state index >= 15 is 0 Å². The molecule has 0 fully saturated rings. The molecule has 4 heteroatoms. The third-order valence-electron chi connectivity index (χ3n) is 1.81. The predicted octanol–water partition coefficient (Wildman–Crippen LogP) is 1.54. The number of aliphatic hydroxyl groups excluding tert-OH is 1. The Kier molecular flexibility index (Phi) is 3.30. The Hall–Kier alpha value is -0.580. The second-order valence-corrected chi connectivity index (χ2v) is 3.92. The average Bonchev–Trinajstić information content (AvgIpc) is 2.08. The molecule has 0 bridgehead atoms. The molecule has 0 aliphatic heterocycles. The molecule has 0 spiro atoms. The number of benzene rings is 1. The number of aromatic hydroxyl groups is 1. The highest BCUT2D eigenvalue weighted by Crippen LogP contribution is 2.28. The van der Waals surface area contributed by atoms with Gasteiger partial charge in [0, 0.05) is 16.1 Å². The van der Waals surface area contributed by atoms with Gasteiger partial charge in [-0.2, -0.15) is 0 Å². The zero-order valence-electron chi connectivity index (χ0n) is 7.24. The van der Waals surface area contributed by atoms with Gasteiger partial charge in [0.25, 0.3) is 0 Å². The minimum Gasteiger partial charge on any atom is -0.508 e. The molecule has 3 nitrogen and oxygen atoms in total. The first-order chi connectivity index (χ1) is 6.02. The Morgan fingerprint density at radius 2 is 2.08 bits per heavy atom. The fourth-order valence-corrected chi connectivity index (χ4v) is 1.42. The van der Waals surface area contributed by atoms with Crippen molar-refractivity contribution in [3.05, 3.63) is 28.2 Å². The Balaban J connectivity index is 3.05. The zero-order valence-corrected chi connectivity index (χ0v) is 8.82. The molecule has 0 saturated heterocycles. The Bertz CT molecular complexity index is 302. The van der Waals surface area contributed by atoms with Crippen molar-refractivity contribution in [1.29, 1.82) is 0 Å². The van der Waals surface area contributed by atoms with Crippen LogP contribution >= 0.6 is 15.9 Å². The van der Waals surface area contributed by atoms with Crippen LogP contribution in [0.5, 0.6) is 5.75 Å². The van der Waals surface area contributed by atoms with Crippen LogP contribution in [0.4, 0.5) is 0 Å². The summed E-state index contributed by atoms with van der Waals surface area (Å²) in [6.07, 6.45) is -0.836. The van der Waals surface area contributed by atoms with Gasteiger partial charge in [-0.25, -0.2) is 0 Å². The van der Waals surface area contributed by atoms with Gasteiger partial charge in [0.1, 0.15) is 5.75 Å². The van der Waals surface area contributed by atoms with Crippen LogP contribution in [0.1, 0.15) is 18.6 Å². The summed E-state index contributed by atoms with van der Waals surface area (Å²) in [6, 6.07) is 4.47. The van der Waals surface area contributed by atoms with Crippen LogP contribution in [0.25, 0.3) is 0 Å². The molecule has 0 aliphatic rings. The summed E-state index contributed by atoms with van der Waals surface area (Å²) >= 11 is 3.25. The van der Waals surface area contributed by atoms with E-state index in [9.17, 15) is 10.2 Å². The smallest absolute Gasteiger partial charge is 0.121 e. The highest BCUT2D eigenvalue weighted by atomic mass is 79.9. The van der Waals surface area contributed by atoms with Gasteiger partial charge >= 0.3 is 0 Å². The molecular weight excluding hydrogens is 234 g/mol. The van der Waals surface area contributed by atoms with Crippen molar-refractivity contribution in [3.63, 3.8) is 0 Å². The van der Waals surface area contributed by atoms with Crippen LogP contribution in [0.15, 0.2) is 22.7 Å². The standard InChI is InChI=1S/C9H12BrNO2/c1-5(11)9(13)7-4-6(10)2-3-8(7)12/h2-5,9,12-13H,11H2,1H3. The SMILES string of the molecule is CC(N)C(O)c1cc(Br)ccc1O. The first-order valence-corrected chi connectivity index (χ1v) is 4.73. The Morgan fingerprint density at radius 3 is 2.62 bits per heavy atom. The van der Waals surface area contributed by atoms with Crippen LogP contribution in [0.2, 0.25) is 0 Å². The Morgan fingerprint density at radius 1 is 1.46 bits per heavy atom. The summed E-state index contributed by atoms with van der Waals surface area (Å²) in [6.45, 7) is 1.69. The van der Waals surface area contributed by atoms with Crippen LogP contribution in [-0.2, 0) is 0 Å². The summed E-state index contributed by atoms with van der Waals surface area (Å²) < 4.78 is 0.806. The van der Waals surface area contributed by atoms with Gasteiger partial charge in [0.05, 0.1) is 6.10 Å². The van der Waals surface area contributed by atoms with Crippen molar-refractivity contribution >= 4 is 15.9 Å². The van der Waals surface area contributed by atoms with Gasteiger partial charge in [0.2, 0.25) is 0 Å². The number of hydrogen-bond donors (Lipinski definition) is 3. The van der Waals surface area contributed by atoms with E-state index in [-0.39, 0.29) is 5.75 Å². The molecule has 0 amide bonds. The normalized spacial score (nSPS) is 15.4. The molecule has 0 aliphatic carbocycles. The quantitative estimate of drug-likeness (QED) is 0.741. The number of nitrogens with two attached hydrogens (primary N) is 1. The predicted molar refractivity (Wildman–Crippen MR) is 54.4 cm³/mol. The second kappa shape index (κ2) is 4.09. The molecule has 0 aromatic heterocycles. The van der Waals surface area contributed by atoms with Crippen LogP contribution < -0.4 is 5.73 Å². The number of rotatable bonds is 2. The summed E-state index contributed by atoms with van der Waals surface area (Å²) in [5.74, 6) is 0.0630. The zero-order chi connectivity index (χ0) is 10.0. The molecule has 0 heterocycles. The number of hydrogen-bond acceptors (Lipinski definition) is 3. The van der Waals surface area contributed by atoms with Gasteiger partial charge in [-0.05, 0) is 25.1 Å². The molecular formula is C9H12BrNO2. The topological polar surface area (TPSA) is 66.5 Å². The van der Waals surface area contributed by atoms with E-state index in [1.54, 1.807) is 19.1 Å². The molecule has 2 atom stereocenters. The molecule has 0 radical (unpaired) electrons. The van der Waals surface area contributed by atoms with Crippen LogP contribution in [-0.4, -0.2) is 16.3 Å². The summed E-state index contributed by atoms with van der Waals surface area (Å²) in [5.41, 5.74) is 5.96. The molecule has 72 valence electrons. The van der Waals surface area contributed by atoms with Gasteiger partial charge in [0.15, 0.2) is 0 Å². The maximum Gasteiger partial charge on any atom is 0.121 e. The van der Waals surface area contributed by atoms with Gasteiger partial charge in [-0.1, -0.05) is 15.9 Å². The van der Waals surface area contributed by atoms with Crippen molar-refractivity contribution in [2.24, 2.45) is 5.73 Å². The monoisotopic (exact) mass is 245 g/mol. The fraction of sp³-hybridized carbons (Fsp3) is 0.333. The van der Waals surface area contributed by atoms with E-state index in [0.29, 0.717) is 5.56 Å². The number of halogens is 1. The van der Waals surface area contributed by atoms with Gasteiger partial charge in [-0.3, -0.25) is 0 Å². The lowest BCUT2D eigenvalue weighted by molar-refractivity contribution is 0.150. The second-order valence-electron chi connectivity index (χ2n) is 3.01. The molecule has 0 saturated carbocycles.